The van der Waals surface area contributed by atoms with E-state index in [9.17, 15) is 4.79 Å². The maximum absolute atomic E-state index is 11.6. The number of pyridine rings is 1. The van der Waals surface area contributed by atoms with Gasteiger partial charge in [-0.3, -0.25) is 5.10 Å². The molecule has 4 aromatic rings. The molecule has 0 saturated heterocycles. The fraction of sp³-hybridized carbons (Fsp3) is 0.154. The first kappa shape index (κ1) is 20.8. The molecule has 1 aliphatic rings. The van der Waals surface area contributed by atoms with Crippen molar-refractivity contribution in [3.05, 3.63) is 95.8 Å². The van der Waals surface area contributed by atoms with Crippen LogP contribution in [0.25, 0.3) is 28.5 Å². The second-order valence-corrected chi connectivity index (χ2v) is 7.89. The highest BCUT2D eigenvalue weighted by atomic mass is 16.1. The van der Waals surface area contributed by atoms with Crippen molar-refractivity contribution in [2.75, 3.05) is 6.54 Å². The zero-order valence-electron chi connectivity index (χ0n) is 18.0. The number of nitrogens with zero attached hydrogens (tertiary/aromatic N) is 3. The topological polar surface area (TPSA) is 95.6 Å². The van der Waals surface area contributed by atoms with Crippen molar-refractivity contribution in [3.63, 3.8) is 0 Å². The maximum Gasteiger partial charge on any atom is 0.146 e. The van der Waals surface area contributed by atoms with E-state index < -0.39 is 0 Å². The monoisotopic (exact) mass is 436 g/mol. The van der Waals surface area contributed by atoms with Crippen LogP contribution < -0.4 is 10.6 Å². The molecule has 164 valence electrons. The number of rotatable bonds is 8. The molecule has 5 rings (SSSR count). The molecule has 0 radical (unpaired) electrons. The molecule has 0 bridgehead atoms. The molecule has 3 N–H and O–H groups in total. The number of carbonyl (C=O) groups excluding carboxylic acids is 1. The zero-order chi connectivity index (χ0) is 22.5. The summed E-state index contributed by atoms with van der Waals surface area (Å²) in [4.78, 5) is 20.7. The Labute approximate surface area is 192 Å². The second kappa shape index (κ2) is 9.58. The highest BCUT2D eigenvalue weighted by Gasteiger charge is 2.21. The summed E-state index contributed by atoms with van der Waals surface area (Å²) >= 11 is 0. The lowest BCUT2D eigenvalue weighted by molar-refractivity contribution is -0.109. The standard InChI is InChI=1S/C26H24N6O/c33-16-24-22-14-21(19-4-2-1-3-5-19)26(31-23(22)10-13-28-24)20-8-6-18(7-9-20)15-27-12-11-25-29-17-30-32-25/h1-10,13-14,16-17,24,27-28H,11-12,15H2,(H,29,30,32). The third-order valence-corrected chi connectivity index (χ3v) is 5.72. The number of nitrogens with one attached hydrogen (secondary N) is 3. The Morgan fingerprint density at radius 2 is 1.88 bits per heavy atom. The van der Waals surface area contributed by atoms with Crippen LogP contribution in [0.4, 0.5) is 0 Å². The van der Waals surface area contributed by atoms with Gasteiger partial charge in [0.2, 0.25) is 0 Å². The predicted molar refractivity (Wildman–Crippen MR) is 128 cm³/mol. The lowest BCUT2D eigenvalue weighted by Crippen LogP contribution is -2.21. The molecule has 7 heteroatoms. The molecule has 33 heavy (non-hydrogen) atoms. The van der Waals surface area contributed by atoms with Gasteiger partial charge in [-0.15, -0.1) is 0 Å². The van der Waals surface area contributed by atoms with E-state index >= 15 is 0 Å². The molecule has 2 aromatic heterocycles. The van der Waals surface area contributed by atoms with Gasteiger partial charge in [0.05, 0.1) is 11.4 Å². The Morgan fingerprint density at radius 1 is 1.03 bits per heavy atom. The van der Waals surface area contributed by atoms with Crippen LogP contribution in [0.1, 0.15) is 28.7 Å². The lowest BCUT2D eigenvalue weighted by atomic mass is 9.93. The van der Waals surface area contributed by atoms with Crippen molar-refractivity contribution in [3.8, 4) is 22.4 Å². The summed E-state index contributed by atoms with van der Waals surface area (Å²) in [5.41, 5.74) is 6.93. The Balaban J connectivity index is 1.41. The Morgan fingerprint density at radius 3 is 2.64 bits per heavy atom. The molecule has 0 fully saturated rings. The summed E-state index contributed by atoms with van der Waals surface area (Å²) in [6.45, 7) is 1.59. The van der Waals surface area contributed by atoms with Crippen molar-refractivity contribution in [1.29, 1.82) is 0 Å². The first-order valence-electron chi connectivity index (χ1n) is 10.9. The summed E-state index contributed by atoms with van der Waals surface area (Å²) in [7, 11) is 0. The molecule has 0 aliphatic carbocycles. The summed E-state index contributed by atoms with van der Waals surface area (Å²) in [6, 6.07) is 20.3. The van der Waals surface area contributed by atoms with Crippen LogP contribution in [0, 0.1) is 0 Å². The van der Waals surface area contributed by atoms with E-state index in [2.05, 4.69) is 68.3 Å². The minimum absolute atomic E-state index is 0.389. The maximum atomic E-state index is 11.6. The number of aldehydes is 1. The minimum Gasteiger partial charge on any atom is -0.378 e. The van der Waals surface area contributed by atoms with Gasteiger partial charge in [-0.05, 0) is 29.5 Å². The van der Waals surface area contributed by atoms with Gasteiger partial charge in [0.15, 0.2) is 0 Å². The van der Waals surface area contributed by atoms with E-state index in [0.717, 1.165) is 65.3 Å². The SMILES string of the molecule is O=CC1NC=Cc2nc(-c3ccc(CNCCc4ncn[nH]4)cc3)c(-c3ccccc3)cc21. The van der Waals surface area contributed by atoms with E-state index in [0.29, 0.717) is 0 Å². The number of aromatic amines is 1. The first-order chi connectivity index (χ1) is 16.3. The lowest BCUT2D eigenvalue weighted by Gasteiger charge is -2.21. The zero-order valence-corrected chi connectivity index (χ0v) is 18.0. The minimum atomic E-state index is -0.389. The van der Waals surface area contributed by atoms with E-state index in [1.54, 1.807) is 6.20 Å². The quantitative estimate of drug-likeness (QED) is 0.288. The summed E-state index contributed by atoms with van der Waals surface area (Å²) < 4.78 is 0. The Bertz CT molecular complexity index is 1250. The summed E-state index contributed by atoms with van der Waals surface area (Å²) in [5.74, 6) is 0.880. The van der Waals surface area contributed by atoms with Crippen LogP contribution in [-0.4, -0.2) is 33.0 Å². The molecule has 1 unspecified atom stereocenters. The van der Waals surface area contributed by atoms with Gasteiger partial charge in [-0.1, -0.05) is 54.6 Å². The first-order valence-corrected chi connectivity index (χ1v) is 10.9. The van der Waals surface area contributed by atoms with Gasteiger partial charge in [-0.25, -0.2) is 9.97 Å². The normalized spacial score (nSPS) is 14.5. The largest absolute Gasteiger partial charge is 0.378 e. The number of benzene rings is 2. The average Bonchev–Trinajstić information content (AvgIpc) is 3.40. The number of aromatic nitrogens is 4. The van der Waals surface area contributed by atoms with E-state index in [1.165, 1.54) is 11.9 Å². The third-order valence-electron chi connectivity index (χ3n) is 5.72. The van der Waals surface area contributed by atoms with Crippen molar-refractivity contribution in [2.45, 2.75) is 19.0 Å². The molecule has 0 spiro atoms. The third kappa shape index (κ3) is 4.58. The van der Waals surface area contributed by atoms with Gasteiger partial charge in [0, 0.05) is 36.2 Å². The molecular formula is C26H24N6O. The molecule has 0 saturated carbocycles. The molecular weight excluding hydrogens is 412 g/mol. The van der Waals surface area contributed by atoms with Crippen LogP contribution in [0.5, 0.6) is 0 Å². The van der Waals surface area contributed by atoms with Gasteiger partial charge in [0.1, 0.15) is 24.5 Å². The highest BCUT2D eigenvalue weighted by molar-refractivity contribution is 5.84. The van der Waals surface area contributed by atoms with Crippen LogP contribution in [0.3, 0.4) is 0 Å². The highest BCUT2D eigenvalue weighted by Crippen LogP contribution is 2.35. The molecule has 1 aliphatic heterocycles. The van der Waals surface area contributed by atoms with Crippen LogP contribution >= 0.6 is 0 Å². The molecule has 7 nitrogen and oxygen atoms in total. The van der Waals surface area contributed by atoms with Gasteiger partial charge in [-0.2, -0.15) is 5.10 Å². The number of H-pyrrole nitrogens is 1. The smallest absolute Gasteiger partial charge is 0.146 e. The van der Waals surface area contributed by atoms with E-state index in [1.807, 2.05) is 24.3 Å². The molecule has 0 amide bonds. The van der Waals surface area contributed by atoms with E-state index in [4.69, 9.17) is 4.98 Å². The van der Waals surface area contributed by atoms with Crippen LogP contribution in [-0.2, 0) is 17.8 Å². The molecule has 3 heterocycles. The average molecular weight is 437 g/mol. The number of hydrogen-bond donors (Lipinski definition) is 3. The summed E-state index contributed by atoms with van der Waals surface area (Å²) in [6.07, 6.45) is 6.96. The van der Waals surface area contributed by atoms with Crippen molar-refractivity contribution in [2.24, 2.45) is 0 Å². The van der Waals surface area contributed by atoms with Crippen LogP contribution in [0.2, 0.25) is 0 Å². The number of carbonyl (C=O) groups is 1. The summed E-state index contributed by atoms with van der Waals surface area (Å²) in [5, 5.41) is 13.3. The Kier molecular flexibility index (Phi) is 6.04. The molecule has 1 atom stereocenters. The fourth-order valence-corrected chi connectivity index (χ4v) is 3.99. The van der Waals surface area contributed by atoms with Crippen molar-refractivity contribution < 1.29 is 4.79 Å². The van der Waals surface area contributed by atoms with Gasteiger partial charge < -0.3 is 15.4 Å². The van der Waals surface area contributed by atoms with Gasteiger partial charge >= 0.3 is 0 Å². The van der Waals surface area contributed by atoms with E-state index in [-0.39, 0.29) is 6.04 Å². The van der Waals surface area contributed by atoms with Crippen LogP contribution in [0.15, 0.2) is 73.2 Å². The Hall–Kier alpha value is -4.10. The van der Waals surface area contributed by atoms with Gasteiger partial charge in [0.25, 0.3) is 0 Å². The number of fused-ring (bicyclic) bond motifs is 1. The predicted octanol–water partition coefficient (Wildman–Crippen LogP) is 3.68. The fourth-order valence-electron chi connectivity index (χ4n) is 3.99. The second-order valence-electron chi connectivity index (χ2n) is 7.89. The number of hydrogen-bond acceptors (Lipinski definition) is 6. The van der Waals surface area contributed by atoms with Crippen molar-refractivity contribution >= 4 is 12.4 Å². The van der Waals surface area contributed by atoms with Crippen molar-refractivity contribution in [1.82, 2.24) is 30.8 Å². The molecule has 2 aromatic carbocycles.